The average Bonchev–Trinajstić information content (AvgIpc) is 2.63. The highest BCUT2D eigenvalue weighted by Crippen LogP contribution is 2.29. The molecule has 1 unspecified atom stereocenters. The first-order chi connectivity index (χ1) is 8.45. The third-order valence-corrected chi connectivity index (χ3v) is 5.39. The normalized spacial score (nSPS) is 25.8. The predicted octanol–water partition coefficient (Wildman–Crippen LogP) is 1.22. The molecule has 1 fully saturated rings. The zero-order chi connectivity index (χ0) is 13.2. The smallest absolute Gasteiger partial charge is 0.210 e. The van der Waals surface area contributed by atoms with E-state index < -0.39 is 15.4 Å². The van der Waals surface area contributed by atoms with Crippen LogP contribution in [0.15, 0.2) is 30.3 Å². The molecule has 4 nitrogen and oxygen atoms in total. The van der Waals surface area contributed by atoms with Gasteiger partial charge in [0.2, 0.25) is 6.41 Å². The van der Waals surface area contributed by atoms with Crippen molar-refractivity contribution < 1.29 is 13.2 Å². The second kappa shape index (κ2) is 4.72. The van der Waals surface area contributed by atoms with Gasteiger partial charge >= 0.3 is 0 Å². The third-order valence-electron chi connectivity index (χ3n) is 3.50. The lowest BCUT2D eigenvalue weighted by atomic mass is 9.99. The lowest BCUT2D eigenvalue weighted by Crippen LogP contribution is -2.46. The van der Waals surface area contributed by atoms with Crippen molar-refractivity contribution in [3.63, 3.8) is 0 Å². The SMILES string of the molecule is CC1(N(C=O)Cc2ccccc2)CCS(=O)(=O)C1. The van der Waals surface area contributed by atoms with Gasteiger partial charge in [-0.1, -0.05) is 30.3 Å². The number of hydrogen-bond acceptors (Lipinski definition) is 3. The maximum absolute atomic E-state index is 11.6. The molecule has 1 aromatic carbocycles. The summed E-state index contributed by atoms with van der Waals surface area (Å²) in [5.41, 5.74) is 0.436. The summed E-state index contributed by atoms with van der Waals surface area (Å²) in [5.74, 6) is 0.230. The molecular weight excluding hydrogens is 250 g/mol. The number of carbonyl (C=O) groups is 1. The van der Waals surface area contributed by atoms with E-state index >= 15 is 0 Å². The molecule has 0 saturated carbocycles. The van der Waals surface area contributed by atoms with Crippen LogP contribution >= 0.6 is 0 Å². The highest BCUT2D eigenvalue weighted by atomic mass is 32.2. The van der Waals surface area contributed by atoms with Gasteiger partial charge in [-0.15, -0.1) is 0 Å². The minimum atomic E-state index is -3.00. The Labute approximate surface area is 108 Å². The van der Waals surface area contributed by atoms with Crippen LogP contribution in [0, 0.1) is 0 Å². The highest BCUT2D eigenvalue weighted by Gasteiger charge is 2.42. The van der Waals surface area contributed by atoms with Crippen LogP contribution in [0.4, 0.5) is 0 Å². The number of nitrogens with zero attached hydrogens (tertiary/aromatic N) is 1. The van der Waals surface area contributed by atoms with Crippen LogP contribution in [0.5, 0.6) is 0 Å². The summed E-state index contributed by atoms with van der Waals surface area (Å²) in [4.78, 5) is 12.8. The largest absolute Gasteiger partial charge is 0.334 e. The van der Waals surface area contributed by atoms with Crippen LogP contribution < -0.4 is 0 Å². The molecule has 1 saturated heterocycles. The molecular formula is C13H17NO3S. The Bertz CT molecular complexity index is 526. The number of sulfone groups is 1. The van der Waals surface area contributed by atoms with Gasteiger partial charge < -0.3 is 4.90 Å². The maximum atomic E-state index is 11.6. The van der Waals surface area contributed by atoms with Crippen molar-refractivity contribution in [3.05, 3.63) is 35.9 Å². The molecule has 0 aromatic heterocycles. The van der Waals surface area contributed by atoms with Crippen molar-refractivity contribution in [1.29, 1.82) is 0 Å². The van der Waals surface area contributed by atoms with Crippen molar-refractivity contribution in [1.82, 2.24) is 4.90 Å². The zero-order valence-corrected chi connectivity index (χ0v) is 11.2. The molecule has 0 radical (unpaired) electrons. The summed E-state index contributed by atoms with van der Waals surface area (Å²) in [5, 5.41) is 0. The topological polar surface area (TPSA) is 54.5 Å². The predicted molar refractivity (Wildman–Crippen MR) is 69.7 cm³/mol. The number of carbonyl (C=O) groups excluding carboxylic acids is 1. The minimum Gasteiger partial charge on any atom is -0.334 e. The zero-order valence-electron chi connectivity index (χ0n) is 10.4. The molecule has 1 aromatic rings. The molecule has 2 rings (SSSR count). The molecule has 1 heterocycles. The Morgan fingerprint density at radius 2 is 2.00 bits per heavy atom. The Morgan fingerprint density at radius 1 is 1.33 bits per heavy atom. The number of amides is 1. The van der Waals surface area contributed by atoms with Crippen LogP contribution in [0.2, 0.25) is 0 Å². The monoisotopic (exact) mass is 267 g/mol. The van der Waals surface area contributed by atoms with Crippen LogP contribution in [0.25, 0.3) is 0 Å². The summed E-state index contributed by atoms with van der Waals surface area (Å²) in [6.45, 7) is 2.30. The van der Waals surface area contributed by atoms with Crippen molar-refractivity contribution in [2.75, 3.05) is 11.5 Å². The van der Waals surface area contributed by atoms with Gasteiger partial charge in [0.25, 0.3) is 0 Å². The average molecular weight is 267 g/mol. The van der Waals surface area contributed by atoms with E-state index in [2.05, 4.69) is 0 Å². The van der Waals surface area contributed by atoms with Crippen molar-refractivity contribution >= 4 is 16.2 Å². The van der Waals surface area contributed by atoms with Gasteiger partial charge in [-0.2, -0.15) is 0 Å². The van der Waals surface area contributed by atoms with E-state index in [1.165, 1.54) is 0 Å². The summed E-state index contributed by atoms with van der Waals surface area (Å²) < 4.78 is 23.2. The summed E-state index contributed by atoms with van der Waals surface area (Å²) >= 11 is 0. The summed E-state index contributed by atoms with van der Waals surface area (Å²) in [7, 11) is -3.00. The van der Waals surface area contributed by atoms with Gasteiger partial charge in [0, 0.05) is 6.54 Å². The lowest BCUT2D eigenvalue weighted by Gasteiger charge is -2.34. The van der Waals surface area contributed by atoms with Crippen LogP contribution in [0.3, 0.4) is 0 Å². The second-order valence-corrected chi connectivity index (χ2v) is 7.24. The molecule has 0 spiro atoms. The first-order valence-electron chi connectivity index (χ1n) is 5.92. The maximum Gasteiger partial charge on any atom is 0.210 e. The number of rotatable bonds is 4. The fraction of sp³-hybridized carbons (Fsp3) is 0.462. The minimum absolute atomic E-state index is 0.0611. The molecule has 5 heteroatoms. The third kappa shape index (κ3) is 2.72. The first kappa shape index (κ1) is 13.1. The molecule has 0 bridgehead atoms. The van der Waals surface area contributed by atoms with Gasteiger partial charge in [-0.25, -0.2) is 8.42 Å². The van der Waals surface area contributed by atoms with Gasteiger partial charge in [-0.05, 0) is 18.9 Å². The molecule has 1 amide bonds. The van der Waals surface area contributed by atoms with E-state index in [0.29, 0.717) is 13.0 Å². The van der Waals surface area contributed by atoms with E-state index in [0.717, 1.165) is 12.0 Å². The molecule has 18 heavy (non-hydrogen) atoms. The van der Waals surface area contributed by atoms with Crippen LogP contribution in [-0.2, 0) is 21.2 Å². The van der Waals surface area contributed by atoms with E-state index in [4.69, 9.17) is 0 Å². The quantitative estimate of drug-likeness (QED) is 0.771. The molecule has 1 aliphatic heterocycles. The highest BCUT2D eigenvalue weighted by molar-refractivity contribution is 7.91. The van der Waals surface area contributed by atoms with Gasteiger partial charge in [-0.3, -0.25) is 4.79 Å². The fourth-order valence-corrected chi connectivity index (χ4v) is 4.51. The molecule has 0 N–H and O–H groups in total. The molecule has 1 aliphatic rings. The van der Waals surface area contributed by atoms with Crippen LogP contribution in [-0.4, -0.2) is 36.8 Å². The first-order valence-corrected chi connectivity index (χ1v) is 7.74. The second-order valence-electron chi connectivity index (χ2n) is 5.06. The number of benzene rings is 1. The molecule has 0 aliphatic carbocycles. The Kier molecular flexibility index (Phi) is 3.43. The molecule has 1 atom stereocenters. The van der Waals surface area contributed by atoms with Crippen LogP contribution in [0.1, 0.15) is 18.9 Å². The fourth-order valence-electron chi connectivity index (χ4n) is 2.36. The Balaban J connectivity index is 2.17. The van der Waals surface area contributed by atoms with Gasteiger partial charge in [0.05, 0.1) is 17.0 Å². The standard InChI is InChI=1S/C13H17NO3S/c1-13(7-8-18(16,17)10-13)14(11-15)9-12-5-3-2-4-6-12/h2-6,11H,7-10H2,1H3. The van der Waals surface area contributed by atoms with E-state index in [9.17, 15) is 13.2 Å². The molecule has 98 valence electrons. The van der Waals surface area contributed by atoms with E-state index in [-0.39, 0.29) is 11.5 Å². The Hall–Kier alpha value is -1.36. The number of hydrogen-bond donors (Lipinski definition) is 0. The van der Waals surface area contributed by atoms with E-state index in [1.54, 1.807) is 4.90 Å². The van der Waals surface area contributed by atoms with E-state index in [1.807, 2.05) is 37.3 Å². The summed E-state index contributed by atoms with van der Waals surface area (Å²) in [6, 6.07) is 9.60. The van der Waals surface area contributed by atoms with Crippen molar-refractivity contribution in [2.24, 2.45) is 0 Å². The van der Waals surface area contributed by atoms with Crippen molar-refractivity contribution in [3.8, 4) is 0 Å². The van der Waals surface area contributed by atoms with Gasteiger partial charge in [0.1, 0.15) is 0 Å². The summed E-state index contributed by atoms with van der Waals surface area (Å²) in [6.07, 6.45) is 1.27. The van der Waals surface area contributed by atoms with Gasteiger partial charge in [0.15, 0.2) is 9.84 Å². The lowest BCUT2D eigenvalue weighted by molar-refractivity contribution is -0.123. The Morgan fingerprint density at radius 3 is 2.50 bits per heavy atom. The van der Waals surface area contributed by atoms with Crippen molar-refractivity contribution in [2.45, 2.75) is 25.4 Å².